The molecular weight excluding hydrogens is 220 g/mol. The van der Waals surface area contributed by atoms with E-state index in [9.17, 15) is 0 Å². The number of piperidine rings is 1. The fraction of sp³-hybridized carbons (Fsp3) is 1.00. The molecular formula is C16H32N2. The first-order chi connectivity index (χ1) is 8.53. The van der Waals surface area contributed by atoms with E-state index in [4.69, 9.17) is 0 Å². The van der Waals surface area contributed by atoms with E-state index in [1.54, 1.807) is 0 Å². The molecule has 1 N–H and O–H groups in total. The average Bonchev–Trinajstić information content (AvgIpc) is 2.31. The van der Waals surface area contributed by atoms with Crippen molar-refractivity contribution in [1.82, 2.24) is 10.2 Å². The van der Waals surface area contributed by atoms with Gasteiger partial charge in [-0.2, -0.15) is 0 Å². The van der Waals surface area contributed by atoms with E-state index in [1.165, 1.54) is 51.7 Å². The van der Waals surface area contributed by atoms with Crippen molar-refractivity contribution in [2.45, 2.75) is 58.9 Å². The van der Waals surface area contributed by atoms with Crippen LogP contribution in [0.4, 0.5) is 0 Å². The minimum atomic E-state index is 0.473. The standard InChI is InChI=1S/C16H32N2/c1-13-7-10-18(11-8-13)12-14-6-5-9-16(2,3)15(14)17-4/h13-15,17H,5-12H2,1-4H3. The van der Waals surface area contributed by atoms with Crippen molar-refractivity contribution < 1.29 is 0 Å². The Morgan fingerprint density at radius 1 is 1.17 bits per heavy atom. The second kappa shape index (κ2) is 5.92. The Morgan fingerprint density at radius 3 is 2.44 bits per heavy atom. The van der Waals surface area contributed by atoms with Gasteiger partial charge in [0, 0.05) is 12.6 Å². The van der Waals surface area contributed by atoms with Crippen LogP contribution in [0, 0.1) is 17.3 Å². The van der Waals surface area contributed by atoms with Crippen molar-refractivity contribution in [1.29, 1.82) is 0 Å². The van der Waals surface area contributed by atoms with Gasteiger partial charge in [0.15, 0.2) is 0 Å². The molecule has 0 aromatic heterocycles. The summed E-state index contributed by atoms with van der Waals surface area (Å²) in [6.07, 6.45) is 7.02. The van der Waals surface area contributed by atoms with Crippen LogP contribution in [0.15, 0.2) is 0 Å². The van der Waals surface area contributed by atoms with E-state index in [1.807, 2.05) is 0 Å². The zero-order valence-electron chi connectivity index (χ0n) is 12.8. The minimum Gasteiger partial charge on any atom is -0.316 e. The van der Waals surface area contributed by atoms with Gasteiger partial charge in [0.2, 0.25) is 0 Å². The Morgan fingerprint density at radius 2 is 1.83 bits per heavy atom. The van der Waals surface area contributed by atoms with Gasteiger partial charge in [0.1, 0.15) is 0 Å². The Balaban J connectivity index is 1.91. The van der Waals surface area contributed by atoms with Crippen LogP contribution in [-0.4, -0.2) is 37.6 Å². The van der Waals surface area contributed by atoms with Gasteiger partial charge in [-0.15, -0.1) is 0 Å². The molecule has 0 radical (unpaired) electrons. The lowest BCUT2D eigenvalue weighted by Crippen LogP contribution is -2.52. The van der Waals surface area contributed by atoms with Gasteiger partial charge in [-0.3, -0.25) is 0 Å². The first-order valence-corrected chi connectivity index (χ1v) is 7.92. The maximum Gasteiger partial charge on any atom is 0.0156 e. The molecule has 2 rings (SSSR count). The monoisotopic (exact) mass is 252 g/mol. The molecule has 0 aromatic rings. The summed E-state index contributed by atoms with van der Waals surface area (Å²) in [6, 6.07) is 0.700. The summed E-state index contributed by atoms with van der Waals surface area (Å²) in [6.45, 7) is 11.3. The second-order valence-electron chi connectivity index (χ2n) is 7.39. The molecule has 0 aromatic carbocycles. The molecule has 1 saturated carbocycles. The molecule has 2 heteroatoms. The van der Waals surface area contributed by atoms with E-state index in [2.05, 4.69) is 38.0 Å². The maximum absolute atomic E-state index is 3.62. The third kappa shape index (κ3) is 3.27. The summed E-state index contributed by atoms with van der Waals surface area (Å²) in [5, 5.41) is 3.62. The molecule has 1 aliphatic carbocycles. The Labute approximate surface area is 114 Å². The molecule has 106 valence electrons. The summed E-state index contributed by atoms with van der Waals surface area (Å²) in [5.41, 5.74) is 0.473. The minimum absolute atomic E-state index is 0.473. The highest BCUT2D eigenvalue weighted by molar-refractivity contribution is 4.94. The van der Waals surface area contributed by atoms with E-state index < -0.39 is 0 Å². The maximum atomic E-state index is 3.62. The predicted octanol–water partition coefficient (Wildman–Crippen LogP) is 3.13. The first-order valence-electron chi connectivity index (χ1n) is 7.92. The Kier molecular flexibility index (Phi) is 4.71. The normalized spacial score (nSPS) is 34.7. The largest absolute Gasteiger partial charge is 0.316 e. The molecule has 18 heavy (non-hydrogen) atoms. The second-order valence-corrected chi connectivity index (χ2v) is 7.39. The van der Waals surface area contributed by atoms with E-state index in [0.717, 1.165) is 11.8 Å². The highest BCUT2D eigenvalue weighted by Gasteiger charge is 2.38. The molecule has 2 unspecified atom stereocenters. The molecule has 2 nitrogen and oxygen atoms in total. The highest BCUT2D eigenvalue weighted by Crippen LogP contribution is 2.39. The summed E-state index contributed by atoms with van der Waals surface area (Å²) in [4.78, 5) is 2.72. The topological polar surface area (TPSA) is 15.3 Å². The summed E-state index contributed by atoms with van der Waals surface area (Å²) in [5.74, 6) is 1.80. The van der Waals surface area contributed by atoms with Crippen molar-refractivity contribution in [3.63, 3.8) is 0 Å². The summed E-state index contributed by atoms with van der Waals surface area (Å²) < 4.78 is 0. The number of rotatable bonds is 3. The molecule has 1 saturated heterocycles. The van der Waals surface area contributed by atoms with E-state index in [0.29, 0.717) is 11.5 Å². The van der Waals surface area contributed by atoms with Crippen LogP contribution < -0.4 is 5.32 Å². The lowest BCUT2D eigenvalue weighted by Gasteiger charge is -2.46. The lowest BCUT2D eigenvalue weighted by atomic mass is 9.67. The zero-order chi connectivity index (χ0) is 13.2. The van der Waals surface area contributed by atoms with Gasteiger partial charge in [-0.1, -0.05) is 27.2 Å². The number of nitrogens with zero attached hydrogens (tertiary/aromatic N) is 1. The smallest absolute Gasteiger partial charge is 0.0156 e. The molecule has 0 spiro atoms. The third-order valence-corrected chi connectivity index (χ3v) is 5.39. The Bertz CT molecular complexity index is 254. The Hall–Kier alpha value is -0.0800. The molecule has 0 bridgehead atoms. The average molecular weight is 252 g/mol. The summed E-state index contributed by atoms with van der Waals surface area (Å²) in [7, 11) is 2.16. The van der Waals surface area contributed by atoms with Crippen LogP contribution in [0.5, 0.6) is 0 Å². The summed E-state index contributed by atoms with van der Waals surface area (Å²) >= 11 is 0. The van der Waals surface area contributed by atoms with Crippen LogP contribution >= 0.6 is 0 Å². The van der Waals surface area contributed by atoms with Gasteiger partial charge in [0.25, 0.3) is 0 Å². The fourth-order valence-electron chi connectivity index (χ4n) is 4.18. The van der Waals surface area contributed by atoms with Gasteiger partial charge in [-0.05, 0) is 63.1 Å². The van der Waals surface area contributed by atoms with Crippen molar-refractivity contribution in [2.75, 3.05) is 26.7 Å². The van der Waals surface area contributed by atoms with Crippen LogP contribution in [0.25, 0.3) is 0 Å². The molecule has 1 aliphatic heterocycles. The number of hydrogen-bond acceptors (Lipinski definition) is 2. The number of nitrogens with one attached hydrogen (secondary N) is 1. The first kappa shape index (κ1) is 14.3. The van der Waals surface area contributed by atoms with Crippen LogP contribution in [-0.2, 0) is 0 Å². The van der Waals surface area contributed by atoms with Gasteiger partial charge in [0.05, 0.1) is 0 Å². The fourth-order valence-corrected chi connectivity index (χ4v) is 4.18. The lowest BCUT2D eigenvalue weighted by molar-refractivity contribution is 0.0719. The molecule has 2 aliphatic rings. The van der Waals surface area contributed by atoms with Crippen LogP contribution in [0.1, 0.15) is 52.9 Å². The number of hydrogen-bond donors (Lipinski definition) is 1. The van der Waals surface area contributed by atoms with Crippen LogP contribution in [0.3, 0.4) is 0 Å². The van der Waals surface area contributed by atoms with Gasteiger partial charge < -0.3 is 10.2 Å². The zero-order valence-corrected chi connectivity index (χ0v) is 12.8. The van der Waals surface area contributed by atoms with Gasteiger partial charge >= 0.3 is 0 Å². The van der Waals surface area contributed by atoms with Crippen LogP contribution in [0.2, 0.25) is 0 Å². The molecule has 2 fully saturated rings. The highest BCUT2D eigenvalue weighted by atomic mass is 15.1. The van der Waals surface area contributed by atoms with Crippen molar-refractivity contribution in [3.05, 3.63) is 0 Å². The molecule has 0 amide bonds. The van der Waals surface area contributed by atoms with Crippen molar-refractivity contribution in [2.24, 2.45) is 17.3 Å². The van der Waals surface area contributed by atoms with Crippen molar-refractivity contribution >= 4 is 0 Å². The molecule has 1 heterocycles. The third-order valence-electron chi connectivity index (χ3n) is 5.39. The predicted molar refractivity (Wildman–Crippen MR) is 78.8 cm³/mol. The van der Waals surface area contributed by atoms with E-state index >= 15 is 0 Å². The van der Waals surface area contributed by atoms with Crippen molar-refractivity contribution in [3.8, 4) is 0 Å². The quantitative estimate of drug-likeness (QED) is 0.830. The number of likely N-dealkylation sites (tertiary alicyclic amines) is 1. The van der Waals surface area contributed by atoms with E-state index in [-0.39, 0.29) is 0 Å². The SMILES string of the molecule is CNC1C(CN2CCC(C)CC2)CCCC1(C)C. The van der Waals surface area contributed by atoms with Gasteiger partial charge in [-0.25, -0.2) is 0 Å². The molecule has 2 atom stereocenters.